The van der Waals surface area contributed by atoms with Crippen LogP contribution in [0.3, 0.4) is 0 Å². The Balaban J connectivity index is 0.859. The van der Waals surface area contributed by atoms with Crippen LogP contribution in [0, 0.1) is 33.8 Å². The van der Waals surface area contributed by atoms with E-state index in [0.29, 0.717) is 81.2 Å². The molecule has 1 amide bonds. The van der Waals surface area contributed by atoms with E-state index in [1.807, 2.05) is 12.1 Å². The van der Waals surface area contributed by atoms with Crippen LogP contribution in [0.5, 0.6) is 23.3 Å². The highest BCUT2D eigenvalue weighted by Crippen LogP contribution is 2.54. The number of pyridine rings is 3. The minimum absolute atomic E-state index is 0.0263. The first kappa shape index (κ1) is 54.9. The fraction of sp³-hybridized carbons (Fsp3) is 0.456. The van der Waals surface area contributed by atoms with Gasteiger partial charge < -0.3 is 39.4 Å². The van der Waals surface area contributed by atoms with Gasteiger partial charge in [0.25, 0.3) is 27.6 Å². The lowest BCUT2D eigenvalue weighted by Gasteiger charge is -2.58. The molecule has 2 saturated heterocycles. The summed E-state index contributed by atoms with van der Waals surface area (Å²) in [5, 5.41) is 25.7. The predicted molar refractivity (Wildman–Crippen MR) is 295 cm³/mol. The number of nitro groups is 1. The maximum Gasteiger partial charge on any atom is 0.312 e. The second-order valence-corrected chi connectivity index (χ2v) is 23.9. The number of methoxy groups -OCH3 is 2. The number of sulfonamides is 1. The zero-order valence-electron chi connectivity index (χ0n) is 45.0. The van der Waals surface area contributed by atoms with Crippen molar-refractivity contribution in [1.29, 1.82) is 0 Å². The Kier molecular flexibility index (Phi) is 15.5. The van der Waals surface area contributed by atoms with E-state index in [1.165, 1.54) is 30.4 Å². The molecule has 2 saturated carbocycles. The third-order valence-electron chi connectivity index (χ3n) is 16.5. The van der Waals surface area contributed by atoms with Gasteiger partial charge in [-0.3, -0.25) is 24.7 Å². The van der Waals surface area contributed by atoms with Crippen LogP contribution in [0.2, 0.25) is 0 Å². The molecule has 10 rings (SSSR count). The van der Waals surface area contributed by atoms with Gasteiger partial charge >= 0.3 is 11.6 Å². The molecule has 2 aliphatic heterocycles. The minimum Gasteiger partial charge on any atom is -0.478 e. The number of ether oxygens (including phenoxy) is 3. The number of benzene rings is 2. The number of hydrogen-bond acceptors (Lipinski definition) is 16. The topological polar surface area (TPSA) is 235 Å². The SMILES string of the molecule is [C-]#[N+]c1cc(CN2CCN(C3CC4(CCN(c5ccc(C(=O)NS(=O)(=O)c6cnc(NCC7CCC(C)(O)CC7)c([N+](=O)[O-])c6)c(Oc6cc7c(F)c[nH]c7nc6OC)c5)CC4)C3)[C@H](c3ccccc3C(C)C)C2)cc(OC)n1. The number of piperidine rings is 1. The Bertz CT molecular complexity index is 3420. The quantitative estimate of drug-likeness (QED) is 0.0378. The van der Waals surface area contributed by atoms with Crippen LogP contribution in [0.25, 0.3) is 15.9 Å². The van der Waals surface area contributed by atoms with Crippen molar-refractivity contribution in [3.05, 3.63) is 129 Å². The number of aliphatic hydroxyl groups is 1. The Hall–Kier alpha value is -7.45. The van der Waals surface area contributed by atoms with Crippen molar-refractivity contribution in [1.82, 2.24) is 34.5 Å². The van der Waals surface area contributed by atoms with Crippen LogP contribution in [-0.2, 0) is 16.6 Å². The molecular formula is C57H66FN11O9S. The molecule has 6 heterocycles. The van der Waals surface area contributed by atoms with Gasteiger partial charge in [-0.1, -0.05) is 49.7 Å². The summed E-state index contributed by atoms with van der Waals surface area (Å²) in [6.45, 7) is 18.9. The zero-order chi connectivity index (χ0) is 55.8. The molecule has 1 spiro atoms. The van der Waals surface area contributed by atoms with Crippen molar-refractivity contribution in [3.63, 3.8) is 0 Å². The highest BCUT2D eigenvalue weighted by atomic mass is 32.2. The number of hydrogen-bond donors (Lipinski definition) is 4. The van der Waals surface area contributed by atoms with Gasteiger partial charge in [0, 0.05) is 94.0 Å². The lowest BCUT2D eigenvalue weighted by Crippen LogP contribution is -2.60. The molecule has 2 aromatic carbocycles. The maximum absolute atomic E-state index is 14.9. The maximum atomic E-state index is 14.9. The van der Waals surface area contributed by atoms with E-state index in [0.717, 1.165) is 69.3 Å². The van der Waals surface area contributed by atoms with Gasteiger partial charge in [0.2, 0.25) is 5.82 Å². The number of anilines is 2. The van der Waals surface area contributed by atoms with Gasteiger partial charge in [0.15, 0.2) is 5.75 Å². The number of H-pyrrole nitrogens is 1. The number of rotatable bonds is 17. The summed E-state index contributed by atoms with van der Waals surface area (Å²) in [5.41, 5.74) is 3.17. The monoisotopic (exact) mass is 1100 g/mol. The second-order valence-electron chi connectivity index (χ2n) is 22.2. The van der Waals surface area contributed by atoms with E-state index in [9.17, 15) is 32.8 Å². The number of nitrogens with zero attached hydrogens (tertiary/aromatic N) is 8. The molecule has 79 heavy (non-hydrogen) atoms. The number of carbonyl (C=O) groups excluding carboxylic acids is 1. The number of piperazine rings is 1. The number of nitrogens with one attached hydrogen (secondary N) is 3. The van der Waals surface area contributed by atoms with E-state index in [1.54, 1.807) is 26.2 Å². The lowest BCUT2D eigenvalue weighted by atomic mass is 9.59. The summed E-state index contributed by atoms with van der Waals surface area (Å²) >= 11 is 0. The molecule has 6 aromatic rings. The van der Waals surface area contributed by atoms with Crippen molar-refractivity contribution in [3.8, 4) is 23.3 Å². The molecular weight excluding hydrogens is 1030 g/mol. The van der Waals surface area contributed by atoms with E-state index in [2.05, 4.69) is 87.6 Å². The lowest BCUT2D eigenvalue weighted by molar-refractivity contribution is -0.384. The fourth-order valence-electron chi connectivity index (χ4n) is 12.1. The molecule has 4 fully saturated rings. The van der Waals surface area contributed by atoms with Crippen LogP contribution < -0.4 is 29.1 Å². The van der Waals surface area contributed by atoms with Crippen molar-refractivity contribution >= 4 is 50.0 Å². The number of carbonyl (C=O) groups is 1. The molecule has 0 radical (unpaired) electrons. The normalized spacial score (nSPS) is 20.9. The van der Waals surface area contributed by atoms with Gasteiger partial charge in [0.05, 0.1) is 41.9 Å². The van der Waals surface area contributed by atoms with Crippen molar-refractivity contribution < 1.29 is 41.8 Å². The van der Waals surface area contributed by atoms with Gasteiger partial charge in [-0.25, -0.2) is 22.5 Å². The number of aromatic nitrogens is 4. The summed E-state index contributed by atoms with van der Waals surface area (Å²) < 4.78 is 62.1. The molecule has 4 aliphatic rings. The molecule has 22 heteroatoms. The standard InChI is InChI=1S/C57H66FN11O9S/c1-35(2)41-9-7-8-10-42(41)47-34-66(33-37-23-50(59-4)63-51(24-37)76-5)21-22-68(47)39-28-57(29-39)17-19-67(20-18-57)38-11-12-43(48(25-38)78-49-27-44-45(58)32-62-52(44)64-55(49)77-6)54(70)65-79(74,75)40-26-46(69(72)73)53(61-31-40)60-30-36-13-15-56(3,71)16-14-36/h7-12,23-27,31-32,35-36,39,47,71H,13-22,28-30,33-34H2,1-3,5-6H3,(H,60,61)(H,62,64)(H,65,70)/t36?,47-,56?/m0/s1. The molecule has 0 unspecified atom stereocenters. The first-order chi connectivity index (χ1) is 37.8. The first-order valence-electron chi connectivity index (χ1n) is 26.8. The Morgan fingerprint density at radius 3 is 2.47 bits per heavy atom. The van der Waals surface area contributed by atoms with Gasteiger partial charge in [-0.15, -0.1) is 0 Å². The number of aromatic amines is 1. The summed E-state index contributed by atoms with van der Waals surface area (Å²) in [7, 11) is -1.83. The number of amides is 1. The molecule has 4 aromatic heterocycles. The smallest absolute Gasteiger partial charge is 0.312 e. The van der Waals surface area contributed by atoms with Crippen molar-refractivity contribution in [2.45, 2.75) is 107 Å². The fourth-order valence-corrected chi connectivity index (χ4v) is 13.0. The molecule has 1 atom stereocenters. The van der Waals surface area contributed by atoms with Crippen molar-refractivity contribution in [2.75, 3.05) is 63.7 Å². The highest BCUT2D eigenvalue weighted by Gasteiger charge is 2.50. The van der Waals surface area contributed by atoms with Gasteiger partial charge in [-0.2, -0.15) is 4.98 Å². The minimum atomic E-state index is -4.76. The van der Waals surface area contributed by atoms with E-state index in [-0.39, 0.29) is 57.2 Å². The largest absolute Gasteiger partial charge is 0.478 e. The highest BCUT2D eigenvalue weighted by molar-refractivity contribution is 7.90. The van der Waals surface area contributed by atoms with E-state index < -0.39 is 42.9 Å². The summed E-state index contributed by atoms with van der Waals surface area (Å²) in [4.78, 5) is 51.6. The summed E-state index contributed by atoms with van der Waals surface area (Å²) in [6, 6.07) is 20.1. The Morgan fingerprint density at radius 1 is 1.00 bits per heavy atom. The van der Waals surface area contributed by atoms with Crippen LogP contribution >= 0.6 is 0 Å². The first-order valence-corrected chi connectivity index (χ1v) is 28.3. The van der Waals surface area contributed by atoms with Gasteiger partial charge in [0.1, 0.15) is 22.1 Å². The third kappa shape index (κ3) is 11.8. The third-order valence-corrected chi connectivity index (χ3v) is 17.8. The second kappa shape index (κ2) is 22.4. The van der Waals surface area contributed by atoms with Crippen LogP contribution in [-0.4, -0.2) is 119 Å². The van der Waals surface area contributed by atoms with Crippen LogP contribution in [0.1, 0.15) is 111 Å². The number of halogens is 1. The zero-order valence-corrected chi connectivity index (χ0v) is 45.8. The van der Waals surface area contributed by atoms with Crippen molar-refractivity contribution in [2.24, 2.45) is 11.3 Å². The average Bonchev–Trinajstić information content (AvgIpc) is 3.84. The van der Waals surface area contributed by atoms with E-state index >= 15 is 0 Å². The van der Waals surface area contributed by atoms with Crippen LogP contribution in [0.4, 0.5) is 27.4 Å². The predicted octanol–water partition coefficient (Wildman–Crippen LogP) is 9.66. The molecule has 0 bridgehead atoms. The summed E-state index contributed by atoms with van der Waals surface area (Å²) in [6.07, 6.45) is 8.60. The summed E-state index contributed by atoms with van der Waals surface area (Å²) in [5.74, 6) is -0.736. The van der Waals surface area contributed by atoms with Crippen LogP contribution in [0.15, 0.2) is 84.0 Å². The molecule has 20 nitrogen and oxygen atoms in total. The average molecular weight is 1100 g/mol. The Morgan fingerprint density at radius 2 is 1.76 bits per heavy atom. The molecule has 2 aliphatic carbocycles. The molecule has 4 N–H and O–H groups in total. The number of fused-ring (bicyclic) bond motifs is 1. The van der Waals surface area contributed by atoms with Gasteiger partial charge in [-0.05, 0) is 110 Å². The molecule has 416 valence electrons. The Labute approximate surface area is 458 Å². The van der Waals surface area contributed by atoms with E-state index in [4.69, 9.17) is 20.8 Å².